The molecule has 1 aromatic heterocycles. The number of halogens is 1. The average molecular weight is 267 g/mol. The van der Waals surface area contributed by atoms with Gasteiger partial charge in [0, 0.05) is 12.6 Å². The Morgan fingerprint density at radius 3 is 2.72 bits per heavy atom. The van der Waals surface area contributed by atoms with Crippen LogP contribution in [0.3, 0.4) is 0 Å². The normalized spacial score (nSPS) is 10.6. The van der Waals surface area contributed by atoms with Gasteiger partial charge in [0.05, 0.1) is 16.4 Å². The summed E-state index contributed by atoms with van der Waals surface area (Å²) < 4.78 is 1.77. The molecular weight excluding hydrogens is 256 g/mol. The van der Waals surface area contributed by atoms with Gasteiger partial charge in [0.15, 0.2) is 5.82 Å². The van der Waals surface area contributed by atoms with Crippen molar-refractivity contribution in [3.05, 3.63) is 40.2 Å². The second kappa shape index (κ2) is 5.14. The summed E-state index contributed by atoms with van der Waals surface area (Å²) in [5.74, 6) is 1.30. The van der Waals surface area contributed by atoms with E-state index in [2.05, 4.69) is 10.2 Å². The number of nitro groups is 1. The molecule has 0 fully saturated rings. The number of nitrogens with zero attached hydrogens (tertiary/aromatic N) is 4. The molecule has 0 aliphatic heterocycles. The lowest BCUT2D eigenvalue weighted by atomic mass is 10.1. The molecule has 0 N–H and O–H groups in total. The third-order valence-corrected chi connectivity index (χ3v) is 2.84. The van der Waals surface area contributed by atoms with Gasteiger partial charge in [-0.25, -0.2) is 0 Å². The van der Waals surface area contributed by atoms with Gasteiger partial charge in [-0.05, 0) is 13.0 Å². The van der Waals surface area contributed by atoms with Gasteiger partial charge in [0.2, 0.25) is 0 Å². The molecule has 0 saturated heterocycles. The van der Waals surface area contributed by atoms with Gasteiger partial charge in [-0.15, -0.1) is 21.8 Å². The zero-order chi connectivity index (χ0) is 13.1. The van der Waals surface area contributed by atoms with Crippen LogP contribution in [0.5, 0.6) is 0 Å². The number of aromatic nitrogens is 3. The number of para-hydroxylation sites is 1. The Balaban J connectivity index is 2.62. The van der Waals surface area contributed by atoms with Gasteiger partial charge in [-0.1, -0.05) is 12.1 Å². The molecule has 0 saturated carbocycles. The fraction of sp³-hybridized carbons (Fsp3) is 0.273. The van der Waals surface area contributed by atoms with Crippen LogP contribution in [0.25, 0.3) is 11.4 Å². The van der Waals surface area contributed by atoms with Gasteiger partial charge in [0.1, 0.15) is 5.82 Å². The molecule has 1 heterocycles. The molecule has 0 bridgehead atoms. The third kappa shape index (κ3) is 2.06. The monoisotopic (exact) mass is 266 g/mol. The number of hydrogen-bond acceptors (Lipinski definition) is 4. The molecular formula is C11H11ClN4O2. The zero-order valence-corrected chi connectivity index (χ0v) is 10.5. The number of alkyl halides is 1. The largest absolute Gasteiger partial charge is 0.310 e. The Kier molecular flexibility index (Phi) is 3.57. The van der Waals surface area contributed by atoms with Crippen LogP contribution in [0.15, 0.2) is 24.3 Å². The minimum absolute atomic E-state index is 0.0146. The minimum atomic E-state index is -0.426. The third-order valence-electron chi connectivity index (χ3n) is 2.60. The molecule has 0 radical (unpaired) electrons. The first-order valence-electron chi connectivity index (χ1n) is 5.40. The Labute approximate surface area is 108 Å². The zero-order valence-electron chi connectivity index (χ0n) is 9.71. The molecule has 0 aliphatic rings. The van der Waals surface area contributed by atoms with Crippen molar-refractivity contribution in [1.82, 2.24) is 14.8 Å². The molecule has 0 aliphatic carbocycles. The highest BCUT2D eigenvalue weighted by Gasteiger charge is 2.20. The Bertz CT molecular complexity index is 582. The molecule has 94 valence electrons. The van der Waals surface area contributed by atoms with Gasteiger partial charge in [0.25, 0.3) is 5.69 Å². The molecule has 0 atom stereocenters. The molecule has 7 heteroatoms. The predicted octanol–water partition coefficient (Wildman–Crippen LogP) is 2.61. The topological polar surface area (TPSA) is 73.8 Å². The molecule has 2 aromatic rings. The Morgan fingerprint density at radius 1 is 1.39 bits per heavy atom. The number of hydrogen-bond donors (Lipinski definition) is 0. The molecule has 18 heavy (non-hydrogen) atoms. The highest BCUT2D eigenvalue weighted by molar-refractivity contribution is 6.16. The summed E-state index contributed by atoms with van der Waals surface area (Å²) in [4.78, 5) is 10.6. The lowest BCUT2D eigenvalue weighted by molar-refractivity contribution is -0.384. The summed E-state index contributed by atoms with van der Waals surface area (Å²) in [6.07, 6.45) is 0. The second-order valence-corrected chi connectivity index (χ2v) is 3.86. The van der Waals surface area contributed by atoms with Crippen LogP contribution in [0.1, 0.15) is 12.7 Å². The van der Waals surface area contributed by atoms with Crippen LogP contribution < -0.4 is 0 Å². The van der Waals surface area contributed by atoms with Gasteiger partial charge in [-0.3, -0.25) is 10.1 Å². The second-order valence-electron chi connectivity index (χ2n) is 3.59. The SMILES string of the molecule is CCn1c(CCl)nnc1-c1ccccc1[N+](=O)[O-]. The van der Waals surface area contributed by atoms with Crippen molar-refractivity contribution in [2.75, 3.05) is 0 Å². The summed E-state index contributed by atoms with van der Waals surface area (Å²) in [6, 6.07) is 6.46. The van der Waals surface area contributed by atoms with Crippen LogP contribution in [0.4, 0.5) is 5.69 Å². The van der Waals surface area contributed by atoms with Crippen LogP contribution in [-0.2, 0) is 12.4 Å². The number of nitro benzene ring substituents is 1. The van der Waals surface area contributed by atoms with Crippen molar-refractivity contribution in [2.24, 2.45) is 0 Å². The molecule has 0 amide bonds. The maximum absolute atomic E-state index is 11.0. The average Bonchev–Trinajstić information content (AvgIpc) is 2.81. The van der Waals surface area contributed by atoms with Gasteiger partial charge < -0.3 is 4.57 Å². The van der Waals surface area contributed by atoms with Crippen molar-refractivity contribution < 1.29 is 4.92 Å². The fourth-order valence-electron chi connectivity index (χ4n) is 1.79. The van der Waals surface area contributed by atoms with E-state index in [0.717, 1.165) is 0 Å². The van der Waals surface area contributed by atoms with E-state index < -0.39 is 4.92 Å². The lowest BCUT2D eigenvalue weighted by Gasteiger charge is -2.06. The Hall–Kier alpha value is -1.95. The molecule has 6 nitrogen and oxygen atoms in total. The van der Waals surface area contributed by atoms with Gasteiger partial charge >= 0.3 is 0 Å². The maximum atomic E-state index is 11.0. The highest BCUT2D eigenvalue weighted by Crippen LogP contribution is 2.28. The highest BCUT2D eigenvalue weighted by atomic mass is 35.5. The van der Waals surface area contributed by atoms with Crippen LogP contribution >= 0.6 is 11.6 Å². The minimum Gasteiger partial charge on any atom is -0.310 e. The van der Waals surface area contributed by atoms with Crippen molar-refractivity contribution >= 4 is 17.3 Å². The summed E-state index contributed by atoms with van der Waals surface area (Å²) in [6.45, 7) is 2.52. The van der Waals surface area contributed by atoms with E-state index in [1.807, 2.05) is 6.92 Å². The first-order valence-corrected chi connectivity index (χ1v) is 5.94. The summed E-state index contributed by atoms with van der Waals surface area (Å²) in [5, 5.41) is 18.9. The molecule has 0 spiro atoms. The van der Waals surface area contributed by atoms with Crippen molar-refractivity contribution in [3.8, 4) is 11.4 Å². The molecule has 0 unspecified atom stereocenters. The Morgan fingerprint density at radius 2 is 2.11 bits per heavy atom. The predicted molar refractivity (Wildman–Crippen MR) is 67.3 cm³/mol. The van der Waals surface area contributed by atoms with E-state index in [-0.39, 0.29) is 11.6 Å². The van der Waals surface area contributed by atoms with E-state index in [1.165, 1.54) is 6.07 Å². The maximum Gasteiger partial charge on any atom is 0.280 e. The number of rotatable bonds is 4. The summed E-state index contributed by atoms with van der Waals surface area (Å²) >= 11 is 5.76. The van der Waals surface area contributed by atoms with Crippen LogP contribution in [0.2, 0.25) is 0 Å². The molecule has 2 rings (SSSR count). The van der Waals surface area contributed by atoms with Gasteiger partial charge in [-0.2, -0.15) is 0 Å². The van der Waals surface area contributed by atoms with Crippen molar-refractivity contribution in [3.63, 3.8) is 0 Å². The first-order chi connectivity index (χ1) is 8.69. The fourth-order valence-corrected chi connectivity index (χ4v) is 1.99. The van der Waals surface area contributed by atoms with Crippen LogP contribution in [0, 0.1) is 10.1 Å². The standard InChI is InChI=1S/C11H11ClN4O2/c1-2-15-10(7-12)13-14-11(15)8-5-3-4-6-9(8)16(17)18/h3-6H,2,7H2,1H3. The quantitative estimate of drug-likeness (QED) is 0.484. The van der Waals surface area contributed by atoms with Crippen molar-refractivity contribution in [1.29, 1.82) is 0 Å². The van der Waals surface area contributed by atoms with Crippen LogP contribution in [-0.4, -0.2) is 19.7 Å². The molecule has 1 aromatic carbocycles. The van der Waals surface area contributed by atoms with E-state index in [4.69, 9.17) is 11.6 Å². The van der Waals surface area contributed by atoms with E-state index in [1.54, 1.807) is 22.8 Å². The summed E-state index contributed by atoms with van der Waals surface area (Å²) in [5.41, 5.74) is 0.467. The van der Waals surface area contributed by atoms with E-state index in [9.17, 15) is 10.1 Å². The summed E-state index contributed by atoms with van der Waals surface area (Å²) in [7, 11) is 0. The lowest BCUT2D eigenvalue weighted by Crippen LogP contribution is -2.03. The van der Waals surface area contributed by atoms with E-state index in [0.29, 0.717) is 23.8 Å². The van der Waals surface area contributed by atoms with E-state index >= 15 is 0 Å². The smallest absolute Gasteiger partial charge is 0.280 e. The first kappa shape index (κ1) is 12.5. The van der Waals surface area contributed by atoms with Crippen molar-refractivity contribution in [2.45, 2.75) is 19.3 Å². The number of benzene rings is 1.